The van der Waals surface area contributed by atoms with Gasteiger partial charge in [-0.3, -0.25) is 4.79 Å². The minimum absolute atomic E-state index is 0.0969. The van der Waals surface area contributed by atoms with Crippen LogP contribution >= 0.6 is 0 Å². The Kier molecular flexibility index (Phi) is 12.8. The molecule has 0 bridgehead atoms. The zero-order valence-electron chi connectivity index (χ0n) is 16.8. The Morgan fingerprint density at radius 3 is 2.72 bits per heavy atom. The molecule has 0 radical (unpaired) electrons. The van der Waals surface area contributed by atoms with E-state index in [9.17, 15) is 4.79 Å². The van der Waals surface area contributed by atoms with Crippen LogP contribution in [0.1, 0.15) is 90.9 Å². The Bertz CT molecular complexity index is 364. The quantitative estimate of drug-likeness (QED) is 0.216. The highest BCUT2D eigenvalue weighted by atomic mass is 16.5. The first-order chi connectivity index (χ1) is 12.2. The normalized spacial score (nSPS) is 21.7. The summed E-state index contributed by atoms with van der Waals surface area (Å²) in [7, 11) is 1.46. The van der Waals surface area contributed by atoms with E-state index < -0.39 is 0 Å². The Balaban J connectivity index is 2.43. The predicted octanol–water partition coefficient (Wildman–Crippen LogP) is 6.07. The molecule has 1 aliphatic carbocycles. The second-order valence-electron chi connectivity index (χ2n) is 7.48. The molecule has 0 heterocycles. The Labute approximate surface area is 155 Å². The number of unbranched alkanes of at least 4 members (excludes halogenated alkanes) is 3. The topological polar surface area (TPSA) is 35.5 Å². The Hall–Kier alpha value is -0.830. The van der Waals surface area contributed by atoms with Gasteiger partial charge in [0, 0.05) is 13.0 Å². The van der Waals surface area contributed by atoms with Crippen molar-refractivity contribution in [3.05, 3.63) is 12.2 Å². The first kappa shape index (κ1) is 22.2. The molecule has 1 aliphatic rings. The number of hydrogen-bond donors (Lipinski definition) is 0. The molecule has 0 aromatic heterocycles. The predicted molar refractivity (Wildman–Crippen MR) is 105 cm³/mol. The summed E-state index contributed by atoms with van der Waals surface area (Å²) in [5.74, 6) is 1.43. The van der Waals surface area contributed by atoms with Gasteiger partial charge in [-0.05, 0) is 56.8 Å². The van der Waals surface area contributed by atoms with Crippen LogP contribution in [0.15, 0.2) is 12.2 Å². The van der Waals surface area contributed by atoms with E-state index in [-0.39, 0.29) is 5.97 Å². The van der Waals surface area contributed by atoms with Gasteiger partial charge in [0.05, 0.1) is 13.2 Å². The van der Waals surface area contributed by atoms with Gasteiger partial charge >= 0.3 is 5.97 Å². The van der Waals surface area contributed by atoms with Gasteiger partial charge in [-0.2, -0.15) is 0 Å². The number of carbonyl (C=O) groups is 1. The molecule has 25 heavy (non-hydrogen) atoms. The van der Waals surface area contributed by atoms with Crippen molar-refractivity contribution in [2.75, 3.05) is 13.7 Å². The highest BCUT2D eigenvalue weighted by Crippen LogP contribution is 2.37. The van der Waals surface area contributed by atoms with Crippen LogP contribution in [0.2, 0.25) is 0 Å². The van der Waals surface area contributed by atoms with Crippen LogP contribution in [-0.4, -0.2) is 25.8 Å². The molecule has 3 atom stereocenters. The van der Waals surface area contributed by atoms with Gasteiger partial charge in [0.15, 0.2) is 0 Å². The minimum Gasteiger partial charge on any atom is -0.469 e. The van der Waals surface area contributed by atoms with E-state index in [2.05, 4.69) is 26.0 Å². The molecule has 146 valence electrons. The Morgan fingerprint density at radius 1 is 1.16 bits per heavy atom. The largest absolute Gasteiger partial charge is 0.469 e. The number of allylic oxidation sites excluding steroid dienone is 2. The van der Waals surface area contributed by atoms with Crippen LogP contribution in [0, 0.1) is 11.8 Å². The molecule has 3 nitrogen and oxygen atoms in total. The summed E-state index contributed by atoms with van der Waals surface area (Å²) in [4.78, 5) is 11.3. The SMILES string of the molecule is CCCC=C[C@H]1CCC[C@@H]1CC(CCCCC(=O)OC)OCCCC. The van der Waals surface area contributed by atoms with E-state index in [4.69, 9.17) is 9.47 Å². The number of ether oxygens (including phenoxy) is 2. The highest BCUT2D eigenvalue weighted by Gasteiger charge is 2.28. The third-order valence-corrected chi connectivity index (χ3v) is 5.36. The zero-order valence-corrected chi connectivity index (χ0v) is 16.8. The number of hydrogen-bond acceptors (Lipinski definition) is 3. The first-order valence-electron chi connectivity index (χ1n) is 10.6. The van der Waals surface area contributed by atoms with Crippen LogP contribution in [0.4, 0.5) is 0 Å². The van der Waals surface area contributed by atoms with E-state index in [0.29, 0.717) is 12.5 Å². The molecule has 1 rings (SSSR count). The zero-order chi connectivity index (χ0) is 18.3. The standard InChI is InChI=1S/C22H40O3/c1-4-6-8-12-19-13-11-14-20(19)18-21(25-17-7-5-2)15-9-10-16-22(23)24-3/h8,12,19-21H,4-7,9-11,13-18H2,1-3H3/t19-,20+,21?/m0/s1. The fourth-order valence-corrected chi connectivity index (χ4v) is 3.79. The second-order valence-corrected chi connectivity index (χ2v) is 7.48. The molecular weight excluding hydrogens is 312 g/mol. The smallest absolute Gasteiger partial charge is 0.305 e. The van der Waals surface area contributed by atoms with E-state index in [1.165, 1.54) is 52.1 Å². The van der Waals surface area contributed by atoms with Crippen molar-refractivity contribution < 1.29 is 14.3 Å². The lowest BCUT2D eigenvalue weighted by Crippen LogP contribution is -2.20. The van der Waals surface area contributed by atoms with E-state index in [1.54, 1.807) is 0 Å². The summed E-state index contributed by atoms with van der Waals surface area (Å²) < 4.78 is 10.9. The maximum absolute atomic E-state index is 11.3. The lowest BCUT2D eigenvalue weighted by atomic mass is 9.88. The van der Waals surface area contributed by atoms with Crippen molar-refractivity contribution in [1.29, 1.82) is 0 Å². The molecular formula is C22H40O3. The number of rotatable bonds is 14. The summed E-state index contributed by atoms with van der Waals surface area (Å²) >= 11 is 0. The molecule has 1 fully saturated rings. The van der Waals surface area contributed by atoms with Crippen molar-refractivity contribution in [3.8, 4) is 0 Å². The third kappa shape index (κ3) is 10.0. The third-order valence-electron chi connectivity index (χ3n) is 5.36. The summed E-state index contributed by atoms with van der Waals surface area (Å²) in [5.41, 5.74) is 0. The van der Waals surface area contributed by atoms with Crippen LogP contribution in [-0.2, 0) is 14.3 Å². The maximum atomic E-state index is 11.3. The van der Waals surface area contributed by atoms with Crippen LogP contribution < -0.4 is 0 Å². The molecule has 0 aromatic carbocycles. The van der Waals surface area contributed by atoms with Gasteiger partial charge in [-0.1, -0.05) is 51.7 Å². The maximum Gasteiger partial charge on any atom is 0.305 e. The van der Waals surface area contributed by atoms with Gasteiger partial charge in [0.1, 0.15) is 0 Å². The van der Waals surface area contributed by atoms with Gasteiger partial charge < -0.3 is 9.47 Å². The van der Waals surface area contributed by atoms with Crippen molar-refractivity contribution in [1.82, 2.24) is 0 Å². The van der Waals surface area contributed by atoms with Crippen molar-refractivity contribution in [3.63, 3.8) is 0 Å². The summed E-state index contributed by atoms with van der Waals surface area (Å²) in [6.07, 6.45) is 18.8. The lowest BCUT2D eigenvalue weighted by molar-refractivity contribution is -0.140. The Morgan fingerprint density at radius 2 is 2.00 bits per heavy atom. The molecule has 0 spiro atoms. The molecule has 0 amide bonds. The van der Waals surface area contributed by atoms with Gasteiger partial charge in [-0.15, -0.1) is 0 Å². The number of methoxy groups -OCH3 is 1. The van der Waals surface area contributed by atoms with Crippen LogP contribution in [0.3, 0.4) is 0 Å². The van der Waals surface area contributed by atoms with Crippen molar-refractivity contribution in [2.24, 2.45) is 11.8 Å². The summed E-state index contributed by atoms with van der Waals surface area (Å²) in [5, 5.41) is 0. The molecule has 1 saturated carbocycles. The summed E-state index contributed by atoms with van der Waals surface area (Å²) in [6.45, 7) is 5.32. The van der Waals surface area contributed by atoms with Crippen molar-refractivity contribution >= 4 is 5.97 Å². The summed E-state index contributed by atoms with van der Waals surface area (Å²) in [6, 6.07) is 0. The fraction of sp³-hybridized carbons (Fsp3) is 0.864. The van der Waals surface area contributed by atoms with Gasteiger partial charge in [0.2, 0.25) is 0 Å². The lowest BCUT2D eigenvalue weighted by Gasteiger charge is -2.24. The number of carbonyl (C=O) groups excluding carboxylic acids is 1. The van der Waals surface area contributed by atoms with Crippen LogP contribution in [0.5, 0.6) is 0 Å². The molecule has 0 saturated heterocycles. The first-order valence-corrected chi connectivity index (χ1v) is 10.6. The average Bonchev–Trinajstić information content (AvgIpc) is 3.05. The average molecular weight is 353 g/mol. The van der Waals surface area contributed by atoms with E-state index >= 15 is 0 Å². The molecule has 0 N–H and O–H groups in total. The van der Waals surface area contributed by atoms with Gasteiger partial charge in [0.25, 0.3) is 0 Å². The van der Waals surface area contributed by atoms with E-state index in [1.807, 2.05) is 0 Å². The van der Waals surface area contributed by atoms with Gasteiger partial charge in [-0.25, -0.2) is 0 Å². The van der Waals surface area contributed by atoms with Crippen LogP contribution in [0.25, 0.3) is 0 Å². The monoisotopic (exact) mass is 352 g/mol. The van der Waals surface area contributed by atoms with Crippen molar-refractivity contribution in [2.45, 2.75) is 97.0 Å². The molecule has 3 heteroatoms. The highest BCUT2D eigenvalue weighted by molar-refractivity contribution is 5.68. The number of esters is 1. The van der Waals surface area contributed by atoms with E-state index in [0.717, 1.165) is 44.1 Å². The minimum atomic E-state index is -0.0969. The molecule has 0 aliphatic heterocycles. The molecule has 0 aromatic rings. The fourth-order valence-electron chi connectivity index (χ4n) is 3.79. The molecule has 1 unspecified atom stereocenters. The second kappa shape index (κ2) is 14.4.